The van der Waals surface area contributed by atoms with Gasteiger partial charge in [-0.15, -0.1) is 22.7 Å². The zero-order valence-corrected chi connectivity index (χ0v) is 15.8. The molecule has 0 aliphatic carbocycles. The molecule has 0 aliphatic heterocycles. The Kier molecular flexibility index (Phi) is 5.11. The summed E-state index contributed by atoms with van der Waals surface area (Å²) >= 11 is 3.07. The molecule has 0 unspecified atom stereocenters. The fraction of sp³-hybridized carbons (Fsp3) is 0.0476. The quantitative estimate of drug-likeness (QED) is 0.471. The molecule has 4 nitrogen and oxygen atoms in total. The molecule has 0 spiro atoms. The molecule has 1 N–H and O–H groups in total. The first-order valence-corrected chi connectivity index (χ1v) is 9.95. The highest BCUT2D eigenvalue weighted by molar-refractivity contribution is 7.17. The number of thiophene rings is 2. The smallest absolute Gasteiger partial charge is 0.355 e. The topological polar surface area (TPSA) is 59.4 Å². The Hall–Kier alpha value is -2.80. The highest BCUT2D eigenvalue weighted by Crippen LogP contribution is 2.28. The molecule has 3 heterocycles. The average Bonchev–Trinajstić information content (AvgIpc) is 3.34. The van der Waals surface area contributed by atoms with Crippen molar-refractivity contribution >= 4 is 50.9 Å². The number of nitrogens with zero attached hydrogens (tertiary/aromatic N) is 1. The molecule has 0 atom stereocenters. The molecule has 27 heavy (non-hydrogen) atoms. The first kappa shape index (κ1) is 17.6. The van der Waals surface area contributed by atoms with E-state index in [0.29, 0.717) is 10.4 Å². The molecule has 0 aliphatic rings. The van der Waals surface area contributed by atoms with Gasteiger partial charge in [-0.25, -0.2) is 9.78 Å². The minimum atomic E-state index is -0.478. The number of carbonyl (C=O) groups is 1. The Morgan fingerprint density at radius 1 is 1.11 bits per heavy atom. The summed E-state index contributed by atoms with van der Waals surface area (Å²) in [6, 6.07) is 15.3. The van der Waals surface area contributed by atoms with Crippen molar-refractivity contribution in [1.29, 1.82) is 0 Å². The maximum atomic E-state index is 12.3. The molecule has 134 valence electrons. The number of hydrogen-bond donors (Lipinski definition) is 1. The largest absolute Gasteiger partial charge is 0.403 e. The van der Waals surface area contributed by atoms with Gasteiger partial charge in [0.1, 0.15) is 4.88 Å². The molecule has 0 saturated carbocycles. The van der Waals surface area contributed by atoms with Gasteiger partial charge in [0.05, 0.1) is 6.61 Å². The number of aromatic nitrogens is 1. The van der Waals surface area contributed by atoms with E-state index in [-0.39, 0.29) is 12.5 Å². The van der Waals surface area contributed by atoms with Gasteiger partial charge in [0.2, 0.25) is 5.88 Å². The van der Waals surface area contributed by atoms with Gasteiger partial charge in [-0.3, -0.25) is 0 Å². The first-order chi connectivity index (χ1) is 13.2. The standard InChI is InChI=1S/C21H15NO3S2/c23-12-14-4-3-11-22-20(14)25-21(24)19-10-9-16(27-19)8-7-15-13-26-18-6-2-1-5-17(15)18/h1-11,13,23H,12H2. The van der Waals surface area contributed by atoms with Crippen LogP contribution in [0.5, 0.6) is 5.88 Å². The Bertz CT molecular complexity index is 1130. The molecular formula is C21H15NO3S2. The van der Waals surface area contributed by atoms with Crippen LogP contribution in [0, 0.1) is 0 Å². The predicted octanol–water partition coefficient (Wildman–Crippen LogP) is 5.24. The Balaban J connectivity index is 1.50. The SMILES string of the molecule is O=C(Oc1ncccc1CO)c1ccc(C=Cc2csc3ccccc23)s1. The summed E-state index contributed by atoms with van der Waals surface area (Å²) in [5.74, 6) is -0.339. The summed E-state index contributed by atoms with van der Waals surface area (Å²) < 4.78 is 6.57. The Morgan fingerprint density at radius 3 is 2.89 bits per heavy atom. The maximum absolute atomic E-state index is 12.3. The van der Waals surface area contributed by atoms with Crippen molar-refractivity contribution in [3.63, 3.8) is 0 Å². The van der Waals surface area contributed by atoms with Crippen molar-refractivity contribution in [2.45, 2.75) is 6.61 Å². The summed E-state index contributed by atoms with van der Waals surface area (Å²) in [7, 11) is 0. The molecule has 1 aromatic carbocycles. The first-order valence-electron chi connectivity index (χ1n) is 8.25. The molecule has 6 heteroatoms. The van der Waals surface area contributed by atoms with Gasteiger partial charge in [-0.05, 0) is 52.7 Å². The second-order valence-electron chi connectivity index (χ2n) is 5.74. The van der Waals surface area contributed by atoms with Crippen molar-refractivity contribution in [2.24, 2.45) is 0 Å². The summed E-state index contributed by atoms with van der Waals surface area (Å²) in [6.45, 7) is -0.233. The normalized spacial score (nSPS) is 11.3. The van der Waals surface area contributed by atoms with Crippen molar-refractivity contribution in [2.75, 3.05) is 0 Å². The molecule has 0 fully saturated rings. The highest BCUT2D eigenvalue weighted by atomic mass is 32.1. The predicted molar refractivity (Wildman–Crippen MR) is 110 cm³/mol. The maximum Gasteiger partial charge on any atom is 0.355 e. The molecule has 0 saturated heterocycles. The van der Waals surface area contributed by atoms with Crippen LogP contribution in [0.4, 0.5) is 0 Å². The number of ether oxygens (including phenoxy) is 1. The van der Waals surface area contributed by atoms with E-state index < -0.39 is 5.97 Å². The molecular weight excluding hydrogens is 378 g/mol. The lowest BCUT2D eigenvalue weighted by molar-refractivity contribution is 0.0728. The number of hydrogen-bond acceptors (Lipinski definition) is 6. The zero-order valence-electron chi connectivity index (χ0n) is 14.2. The van der Waals surface area contributed by atoms with Gasteiger partial charge in [0.25, 0.3) is 0 Å². The van der Waals surface area contributed by atoms with E-state index in [1.807, 2.05) is 24.3 Å². The third kappa shape index (κ3) is 3.83. The summed E-state index contributed by atoms with van der Waals surface area (Å²) in [4.78, 5) is 17.8. The molecule has 4 rings (SSSR count). The number of rotatable bonds is 5. The zero-order chi connectivity index (χ0) is 18.6. The van der Waals surface area contributed by atoms with Gasteiger partial charge in [-0.2, -0.15) is 0 Å². The summed E-state index contributed by atoms with van der Waals surface area (Å²) in [6.07, 6.45) is 5.58. The van der Waals surface area contributed by atoms with E-state index in [1.165, 1.54) is 27.6 Å². The van der Waals surface area contributed by atoms with Crippen LogP contribution >= 0.6 is 22.7 Å². The van der Waals surface area contributed by atoms with Gasteiger partial charge in [0.15, 0.2) is 0 Å². The number of carbonyl (C=O) groups excluding carboxylic acids is 1. The second kappa shape index (κ2) is 7.84. The van der Waals surface area contributed by atoms with Crippen molar-refractivity contribution in [3.8, 4) is 5.88 Å². The number of benzene rings is 1. The van der Waals surface area contributed by atoms with E-state index >= 15 is 0 Å². The van der Waals surface area contributed by atoms with Crippen molar-refractivity contribution in [3.05, 3.63) is 81.0 Å². The van der Waals surface area contributed by atoms with Crippen LogP contribution in [0.25, 0.3) is 22.2 Å². The van der Waals surface area contributed by atoms with Crippen LogP contribution in [-0.4, -0.2) is 16.1 Å². The van der Waals surface area contributed by atoms with Crippen LogP contribution in [0.2, 0.25) is 0 Å². The second-order valence-corrected chi connectivity index (χ2v) is 7.76. The lowest BCUT2D eigenvalue weighted by Gasteiger charge is -2.05. The minimum absolute atomic E-state index is 0.139. The van der Waals surface area contributed by atoms with Gasteiger partial charge >= 0.3 is 5.97 Å². The van der Waals surface area contributed by atoms with Crippen LogP contribution in [0.15, 0.2) is 60.1 Å². The van der Waals surface area contributed by atoms with Crippen LogP contribution in [0.3, 0.4) is 0 Å². The Labute approximate surface area is 164 Å². The van der Waals surface area contributed by atoms with Crippen LogP contribution < -0.4 is 4.74 Å². The lowest BCUT2D eigenvalue weighted by Crippen LogP contribution is -2.09. The van der Waals surface area contributed by atoms with E-state index in [9.17, 15) is 9.90 Å². The van der Waals surface area contributed by atoms with E-state index in [2.05, 4.69) is 28.6 Å². The molecule has 4 aromatic rings. The third-order valence-corrected chi connectivity index (χ3v) is 5.99. The Morgan fingerprint density at radius 2 is 2.00 bits per heavy atom. The number of esters is 1. The fourth-order valence-electron chi connectivity index (χ4n) is 2.63. The van der Waals surface area contributed by atoms with E-state index in [1.54, 1.807) is 29.5 Å². The number of fused-ring (bicyclic) bond motifs is 1. The van der Waals surface area contributed by atoms with Crippen molar-refractivity contribution in [1.82, 2.24) is 4.98 Å². The van der Waals surface area contributed by atoms with Gasteiger partial charge < -0.3 is 9.84 Å². The summed E-state index contributed by atoms with van der Waals surface area (Å²) in [5, 5.41) is 12.7. The monoisotopic (exact) mass is 393 g/mol. The molecule has 3 aromatic heterocycles. The number of aliphatic hydroxyl groups excluding tert-OH is 1. The minimum Gasteiger partial charge on any atom is -0.403 e. The fourth-order valence-corrected chi connectivity index (χ4v) is 4.34. The van der Waals surface area contributed by atoms with Crippen LogP contribution in [0.1, 0.15) is 25.7 Å². The van der Waals surface area contributed by atoms with E-state index in [0.717, 1.165) is 10.4 Å². The van der Waals surface area contributed by atoms with Crippen LogP contribution in [-0.2, 0) is 6.61 Å². The van der Waals surface area contributed by atoms with Gasteiger partial charge in [-0.1, -0.05) is 24.3 Å². The lowest BCUT2D eigenvalue weighted by atomic mass is 10.1. The van der Waals surface area contributed by atoms with Gasteiger partial charge in [0, 0.05) is 21.3 Å². The van der Waals surface area contributed by atoms with E-state index in [4.69, 9.17) is 4.74 Å². The number of pyridine rings is 1. The van der Waals surface area contributed by atoms with Crippen molar-refractivity contribution < 1.29 is 14.6 Å². The number of aliphatic hydroxyl groups is 1. The molecule has 0 radical (unpaired) electrons. The molecule has 0 amide bonds. The average molecular weight is 393 g/mol. The third-order valence-electron chi connectivity index (χ3n) is 3.98. The summed E-state index contributed by atoms with van der Waals surface area (Å²) in [5.41, 5.74) is 1.64. The highest BCUT2D eigenvalue weighted by Gasteiger charge is 2.14. The molecule has 0 bridgehead atoms.